The molecule has 0 saturated heterocycles. The average Bonchev–Trinajstić information content (AvgIpc) is 3.04. The molecule has 2 rings (SSSR count). The first-order valence-electron chi connectivity index (χ1n) is 7.36. The van der Waals surface area contributed by atoms with Gasteiger partial charge in [0.1, 0.15) is 10.8 Å². The van der Waals surface area contributed by atoms with Crippen molar-refractivity contribution in [2.45, 2.75) is 26.4 Å². The number of rotatable bonds is 6. The normalized spacial score (nSPS) is 11.4. The molecule has 0 aliphatic rings. The van der Waals surface area contributed by atoms with Crippen molar-refractivity contribution in [3.63, 3.8) is 0 Å². The summed E-state index contributed by atoms with van der Waals surface area (Å²) in [5.41, 5.74) is 1.02. The Morgan fingerprint density at radius 2 is 2.13 bits per heavy atom. The van der Waals surface area contributed by atoms with E-state index in [0.717, 1.165) is 28.7 Å². The summed E-state index contributed by atoms with van der Waals surface area (Å²) in [7, 11) is 3.38. The maximum absolute atomic E-state index is 5.97. The predicted molar refractivity (Wildman–Crippen MR) is 96.5 cm³/mol. The van der Waals surface area contributed by atoms with Gasteiger partial charge in [0.15, 0.2) is 5.96 Å². The molecule has 1 aromatic carbocycles. The number of hydrogen-bond donors (Lipinski definition) is 2. The molecule has 0 atom stereocenters. The van der Waals surface area contributed by atoms with Gasteiger partial charge < -0.3 is 15.4 Å². The van der Waals surface area contributed by atoms with Gasteiger partial charge in [0.05, 0.1) is 13.7 Å². The molecular formula is C16H21ClN4OS. The van der Waals surface area contributed by atoms with Crippen LogP contribution in [0.3, 0.4) is 0 Å². The van der Waals surface area contributed by atoms with Crippen molar-refractivity contribution >= 4 is 28.9 Å². The van der Waals surface area contributed by atoms with E-state index in [4.69, 9.17) is 16.3 Å². The van der Waals surface area contributed by atoms with Gasteiger partial charge in [0, 0.05) is 35.3 Å². The van der Waals surface area contributed by atoms with E-state index in [2.05, 4.69) is 27.5 Å². The van der Waals surface area contributed by atoms with E-state index in [1.165, 1.54) is 4.88 Å². The minimum atomic E-state index is 0.595. The third-order valence-electron chi connectivity index (χ3n) is 3.28. The zero-order chi connectivity index (χ0) is 16.7. The van der Waals surface area contributed by atoms with Crippen LogP contribution in [0.2, 0.25) is 5.02 Å². The van der Waals surface area contributed by atoms with Crippen molar-refractivity contribution in [3.05, 3.63) is 44.9 Å². The second-order valence-corrected chi connectivity index (χ2v) is 6.45. The summed E-state index contributed by atoms with van der Waals surface area (Å²) < 4.78 is 5.34. The third kappa shape index (κ3) is 5.11. The quantitative estimate of drug-likeness (QED) is 0.619. The summed E-state index contributed by atoms with van der Waals surface area (Å²) in [5.74, 6) is 1.48. The zero-order valence-electron chi connectivity index (χ0n) is 13.5. The monoisotopic (exact) mass is 352 g/mol. The first-order valence-corrected chi connectivity index (χ1v) is 8.56. The lowest BCUT2D eigenvalue weighted by Gasteiger charge is -2.13. The van der Waals surface area contributed by atoms with Crippen molar-refractivity contribution < 1.29 is 4.74 Å². The van der Waals surface area contributed by atoms with Gasteiger partial charge in [-0.15, -0.1) is 11.3 Å². The molecule has 0 radical (unpaired) electrons. The number of halogens is 1. The van der Waals surface area contributed by atoms with Crippen LogP contribution < -0.4 is 15.4 Å². The fourth-order valence-corrected chi connectivity index (χ4v) is 2.98. The van der Waals surface area contributed by atoms with Gasteiger partial charge >= 0.3 is 0 Å². The Kier molecular flexibility index (Phi) is 6.67. The van der Waals surface area contributed by atoms with Crippen LogP contribution in [-0.2, 0) is 19.5 Å². The molecule has 1 aromatic heterocycles. The molecule has 124 valence electrons. The van der Waals surface area contributed by atoms with Gasteiger partial charge in [-0.2, -0.15) is 0 Å². The lowest BCUT2D eigenvalue weighted by Crippen LogP contribution is -2.36. The van der Waals surface area contributed by atoms with Crippen molar-refractivity contribution in [1.82, 2.24) is 15.6 Å². The van der Waals surface area contributed by atoms with Gasteiger partial charge in [0.25, 0.3) is 0 Å². The largest absolute Gasteiger partial charge is 0.496 e. The molecule has 0 bridgehead atoms. The molecule has 7 heteroatoms. The minimum Gasteiger partial charge on any atom is -0.496 e. The Labute approximate surface area is 145 Å². The molecule has 23 heavy (non-hydrogen) atoms. The van der Waals surface area contributed by atoms with Crippen LogP contribution in [0.4, 0.5) is 0 Å². The number of guanidine groups is 1. The molecule has 0 amide bonds. The number of methoxy groups -OCH3 is 1. The van der Waals surface area contributed by atoms with E-state index >= 15 is 0 Å². The lowest BCUT2D eigenvalue weighted by atomic mass is 10.2. The summed E-state index contributed by atoms with van der Waals surface area (Å²) in [6.07, 6.45) is 2.94. The van der Waals surface area contributed by atoms with Crippen LogP contribution in [0.15, 0.2) is 29.4 Å². The number of nitrogens with one attached hydrogen (secondary N) is 2. The van der Waals surface area contributed by atoms with Crippen molar-refractivity contribution in [3.8, 4) is 5.75 Å². The molecule has 0 unspecified atom stereocenters. The van der Waals surface area contributed by atoms with Crippen LogP contribution in [0.25, 0.3) is 0 Å². The van der Waals surface area contributed by atoms with E-state index < -0.39 is 0 Å². The molecule has 2 N–H and O–H groups in total. The van der Waals surface area contributed by atoms with Crippen LogP contribution in [0.1, 0.15) is 22.4 Å². The Bertz CT molecular complexity index is 672. The summed E-state index contributed by atoms with van der Waals surface area (Å²) in [6, 6.07) is 5.59. The van der Waals surface area contributed by atoms with Gasteiger partial charge in [-0.1, -0.05) is 24.6 Å². The molecule has 0 aliphatic heterocycles. The number of aliphatic imine (C=N–C) groups is 1. The Morgan fingerprint density at radius 3 is 2.78 bits per heavy atom. The maximum Gasteiger partial charge on any atom is 0.191 e. The third-order valence-corrected chi connectivity index (χ3v) is 4.65. The number of aromatic nitrogens is 1. The molecule has 1 heterocycles. The number of nitrogens with zero attached hydrogens (tertiary/aromatic N) is 2. The molecule has 0 aliphatic carbocycles. The SMILES string of the molecule is CCc1cnc(CNC(=NC)NCc2ccc(Cl)cc2OC)s1. The highest BCUT2D eigenvalue weighted by atomic mass is 35.5. The van der Waals surface area contributed by atoms with Gasteiger partial charge in [-0.25, -0.2) is 4.98 Å². The van der Waals surface area contributed by atoms with Gasteiger partial charge in [-0.05, 0) is 18.6 Å². The number of aryl methyl sites for hydroxylation is 1. The van der Waals surface area contributed by atoms with Crippen molar-refractivity contribution in [1.29, 1.82) is 0 Å². The molecule has 0 spiro atoms. The standard InChI is InChI=1S/C16H21ClN4OS/c1-4-13-9-19-15(23-13)10-21-16(18-2)20-8-11-5-6-12(17)7-14(11)22-3/h5-7,9H,4,8,10H2,1-3H3,(H2,18,20,21). The smallest absolute Gasteiger partial charge is 0.191 e. The van der Waals surface area contributed by atoms with Gasteiger partial charge in [-0.3, -0.25) is 4.99 Å². The fraction of sp³-hybridized carbons (Fsp3) is 0.375. The highest BCUT2D eigenvalue weighted by Gasteiger charge is 2.06. The van der Waals surface area contributed by atoms with Crippen LogP contribution in [0, 0.1) is 0 Å². The number of benzene rings is 1. The van der Waals surface area contributed by atoms with E-state index in [9.17, 15) is 0 Å². The molecular weight excluding hydrogens is 332 g/mol. The molecule has 2 aromatic rings. The highest BCUT2D eigenvalue weighted by Crippen LogP contribution is 2.22. The topological polar surface area (TPSA) is 58.5 Å². The zero-order valence-corrected chi connectivity index (χ0v) is 15.1. The number of thiazole rings is 1. The summed E-state index contributed by atoms with van der Waals surface area (Å²) in [4.78, 5) is 9.90. The first-order chi connectivity index (χ1) is 11.2. The number of ether oxygens (including phenoxy) is 1. The minimum absolute atomic E-state index is 0.595. The second kappa shape index (κ2) is 8.74. The first kappa shape index (κ1) is 17.6. The van der Waals surface area contributed by atoms with Crippen LogP contribution in [0.5, 0.6) is 5.75 Å². The van der Waals surface area contributed by atoms with Crippen molar-refractivity contribution in [2.24, 2.45) is 4.99 Å². The van der Waals surface area contributed by atoms with Crippen LogP contribution >= 0.6 is 22.9 Å². The molecule has 0 saturated carbocycles. The van der Waals surface area contributed by atoms with E-state index in [-0.39, 0.29) is 0 Å². The average molecular weight is 353 g/mol. The Hall–Kier alpha value is -1.79. The lowest BCUT2D eigenvalue weighted by molar-refractivity contribution is 0.409. The van der Waals surface area contributed by atoms with E-state index in [1.807, 2.05) is 18.3 Å². The Morgan fingerprint density at radius 1 is 1.35 bits per heavy atom. The second-order valence-electron chi connectivity index (χ2n) is 4.81. The molecule has 0 fully saturated rings. The number of hydrogen-bond acceptors (Lipinski definition) is 4. The van der Waals surface area contributed by atoms with E-state index in [0.29, 0.717) is 18.1 Å². The summed E-state index contributed by atoms with van der Waals surface area (Å²) in [5, 5.41) is 8.23. The van der Waals surface area contributed by atoms with E-state index in [1.54, 1.807) is 31.6 Å². The Balaban J connectivity index is 1.90. The fourth-order valence-electron chi connectivity index (χ4n) is 2.02. The predicted octanol–water partition coefficient (Wildman–Crippen LogP) is 3.23. The summed E-state index contributed by atoms with van der Waals surface area (Å²) >= 11 is 7.69. The van der Waals surface area contributed by atoms with Gasteiger partial charge in [0.2, 0.25) is 0 Å². The molecule has 5 nitrogen and oxygen atoms in total. The summed E-state index contributed by atoms with van der Waals surface area (Å²) in [6.45, 7) is 3.38. The maximum atomic E-state index is 5.97. The van der Waals surface area contributed by atoms with Crippen LogP contribution in [-0.4, -0.2) is 25.1 Å². The van der Waals surface area contributed by atoms with Crippen molar-refractivity contribution in [2.75, 3.05) is 14.2 Å². The highest BCUT2D eigenvalue weighted by molar-refractivity contribution is 7.11.